The minimum atomic E-state index is -0.236. The van der Waals surface area contributed by atoms with Crippen LogP contribution in [0.4, 0.5) is 11.5 Å². The van der Waals surface area contributed by atoms with Crippen molar-refractivity contribution in [3.8, 4) is 0 Å². The molecule has 2 N–H and O–H groups in total. The number of hydrogen-bond acceptors (Lipinski definition) is 4. The normalized spacial score (nSPS) is 16.4. The Bertz CT molecular complexity index is 387. The van der Waals surface area contributed by atoms with Crippen molar-refractivity contribution in [2.45, 2.75) is 12.8 Å². The molecule has 0 aliphatic carbocycles. The van der Waals surface area contributed by atoms with Gasteiger partial charge in [0.25, 0.3) is 0 Å². The zero-order valence-corrected chi connectivity index (χ0v) is 7.43. The summed E-state index contributed by atoms with van der Waals surface area (Å²) in [5.74, 6) is -0.221. The summed E-state index contributed by atoms with van der Waals surface area (Å²) in [5.41, 5.74) is 5.96. The standard InChI is InChI=1S/C9H9N3O2/c10-6-2-1-5-11-9(6)12-7(13)3-4-8(12)14/h1-2,5H,3-4,10H2. The SMILES string of the molecule is Nc1cccnc1N1C(=O)CCC1=O. The van der Waals surface area contributed by atoms with Gasteiger partial charge in [-0.15, -0.1) is 0 Å². The quantitative estimate of drug-likeness (QED) is 0.648. The van der Waals surface area contributed by atoms with Gasteiger partial charge in [-0.1, -0.05) is 0 Å². The highest BCUT2D eigenvalue weighted by Crippen LogP contribution is 2.24. The number of nitrogens with two attached hydrogens (primary N) is 1. The lowest BCUT2D eigenvalue weighted by atomic mass is 10.3. The summed E-state index contributed by atoms with van der Waals surface area (Å²) in [7, 11) is 0. The second-order valence-corrected chi connectivity index (χ2v) is 3.04. The number of rotatable bonds is 1. The van der Waals surface area contributed by atoms with Gasteiger partial charge in [0.05, 0.1) is 5.69 Å². The monoisotopic (exact) mass is 191 g/mol. The van der Waals surface area contributed by atoms with Crippen LogP contribution in [0.5, 0.6) is 0 Å². The molecular formula is C9H9N3O2. The van der Waals surface area contributed by atoms with E-state index < -0.39 is 0 Å². The Morgan fingerprint density at radius 2 is 1.93 bits per heavy atom. The minimum absolute atomic E-state index is 0.236. The Morgan fingerprint density at radius 3 is 2.50 bits per heavy atom. The molecule has 1 saturated heterocycles. The highest BCUT2D eigenvalue weighted by Gasteiger charge is 2.32. The van der Waals surface area contributed by atoms with E-state index in [1.165, 1.54) is 6.20 Å². The van der Waals surface area contributed by atoms with Gasteiger partial charge in [-0.25, -0.2) is 9.88 Å². The number of amides is 2. The van der Waals surface area contributed by atoms with Crippen molar-refractivity contribution in [3.63, 3.8) is 0 Å². The number of carbonyl (C=O) groups is 2. The number of carbonyl (C=O) groups excluding carboxylic acids is 2. The van der Waals surface area contributed by atoms with Crippen LogP contribution in [0.25, 0.3) is 0 Å². The van der Waals surface area contributed by atoms with Gasteiger partial charge in [-0.05, 0) is 12.1 Å². The fraction of sp³-hybridized carbons (Fsp3) is 0.222. The lowest BCUT2D eigenvalue weighted by Crippen LogP contribution is -2.30. The van der Waals surface area contributed by atoms with Crippen molar-refractivity contribution in [2.75, 3.05) is 10.6 Å². The molecule has 0 radical (unpaired) electrons. The lowest BCUT2D eigenvalue weighted by molar-refractivity contribution is -0.121. The van der Waals surface area contributed by atoms with Crippen molar-refractivity contribution in [1.82, 2.24) is 4.98 Å². The smallest absolute Gasteiger partial charge is 0.235 e. The van der Waals surface area contributed by atoms with E-state index in [2.05, 4.69) is 4.98 Å². The van der Waals surface area contributed by atoms with Crippen LogP contribution >= 0.6 is 0 Å². The third-order valence-corrected chi connectivity index (χ3v) is 2.08. The summed E-state index contributed by atoms with van der Waals surface area (Å²) < 4.78 is 0. The maximum atomic E-state index is 11.3. The Kier molecular flexibility index (Phi) is 1.92. The van der Waals surface area contributed by atoms with Crippen molar-refractivity contribution in [3.05, 3.63) is 18.3 Å². The molecule has 72 valence electrons. The van der Waals surface area contributed by atoms with Crippen LogP contribution in [-0.2, 0) is 9.59 Å². The van der Waals surface area contributed by atoms with Gasteiger partial charge >= 0.3 is 0 Å². The molecule has 0 atom stereocenters. The lowest BCUT2D eigenvalue weighted by Gasteiger charge is -2.13. The van der Waals surface area contributed by atoms with Gasteiger partial charge in [-0.3, -0.25) is 9.59 Å². The van der Waals surface area contributed by atoms with E-state index in [9.17, 15) is 9.59 Å². The maximum Gasteiger partial charge on any atom is 0.235 e. The van der Waals surface area contributed by atoms with E-state index in [0.29, 0.717) is 5.69 Å². The predicted octanol–water partition coefficient (Wildman–Crippen LogP) is 0.317. The Balaban J connectivity index is 2.44. The second kappa shape index (κ2) is 3.10. The second-order valence-electron chi connectivity index (χ2n) is 3.04. The van der Waals surface area contributed by atoms with E-state index in [1.807, 2.05) is 0 Å². The summed E-state index contributed by atoms with van der Waals surface area (Å²) in [4.78, 5) is 27.7. The van der Waals surface area contributed by atoms with Crippen LogP contribution in [-0.4, -0.2) is 16.8 Å². The predicted molar refractivity (Wildman–Crippen MR) is 50.4 cm³/mol. The molecule has 14 heavy (non-hydrogen) atoms. The summed E-state index contributed by atoms with van der Waals surface area (Å²) in [5, 5.41) is 0. The van der Waals surface area contributed by atoms with E-state index in [0.717, 1.165) is 4.90 Å². The van der Waals surface area contributed by atoms with Gasteiger partial charge in [0.2, 0.25) is 11.8 Å². The van der Waals surface area contributed by atoms with Crippen molar-refractivity contribution in [2.24, 2.45) is 0 Å². The van der Waals surface area contributed by atoms with E-state index in [1.54, 1.807) is 12.1 Å². The topological polar surface area (TPSA) is 76.3 Å². The van der Waals surface area contributed by atoms with Gasteiger partial charge < -0.3 is 5.73 Å². The molecule has 5 heteroatoms. The minimum Gasteiger partial charge on any atom is -0.396 e. The molecule has 0 bridgehead atoms. The molecular weight excluding hydrogens is 182 g/mol. The van der Waals surface area contributed by atoms with E-state index in [-0.39, 0.29) is 30.5 Å². The molecule has 1 aliphatic rings. The molecule has 0 unspecified atom stereocenters. The van der Waals surface area contributed by atoms with E-state index >= 15 is 0 Å². The van der Waals surface area contributed by atoms with Crippen LogP contribution in [0.3, 0.4) is 0 Å². The van der Waals surface area contributed by atoms with E-state index in [4.69, 9.17) is 5.73 Å². The fourth-order valence-corrected chi connectivity index (χ4v) is 1.41. The third kappa shape index (κ3) is 1.22. The molecule has 1 aromatic heterocycles. The van der Waals surface area contributed by atoms with Crippen LogP contribution in [0.1, 0.15) is 12.8 Å². The molecule has 2 amide bonds. The molecule has 1 aromatic rings. The molecule has 1 aliphatic heterocycles. The number of nitrogen functional groups attached to an aromatic ring is 1. The Hall–Kier alpha value is -1.91. The van der Waals surface area contributed by atoms with Crippen molar-refractivity contribution >= 4 is 23.3 Å². The first kappa shape index (κ1) is 8.68. The zero-order chi connectivity index (χ0) is 10.1. The van der Waals surface area contributed by atoms with Gasteiger partial charge in [0.15, 0.2) is 5.82 Å². The van der Waals surface area contributed by atoms with Crippen LogP contribution < -0.4 is 10.6 Å². The average Bonchev–Trinajstić information content (AvgIpc) is 2.48. The van der Waals surface area contributed by atoms with Gasteiger partial charge in [0.1, 0.15) is 0 Å². The molecule has 5 nitrogen and oxygen atoms in total. The molecule has 2 heterocycles. The Labute approximate surface area is 80.5 Å². The molecule has 1 fully saturated rings. The first-order valence-electron chi connectivity index (χ1n) is 4.26. The number of pyridine rings is 1. The number of aromatic nitrogens is 1. The number of hydrogen-bond donors (Lipinski definition) is 1. The summed E-state index contributed by atoms with van der Waals surface area (Å²) in [6.07, 6.45) is 1.99. The van der Waals surface area contributed by atoms with Crippen molar-refractivity contribution < 1.29 is 9.59 Å². The van der Waals surface area contributed by atoms with Crippen LogP contribution in [0.2, 0.25) is 0 Å². The molecule has 0 spiro atoms. The number of anilines is 2. The number of imide groups is 1. The highest BCUT2D eigenvalue weighted by molar-refractivity contribution is 6.20. The molecule has 0 aromatic carbocycles. The summed E-state index contributed by atoms with van der Waals surface area (Å²) in [6, 6.07) is 3.27. The summed E-state index contributed by atoms with van der Waals surface area (Å²) in [6.45, 7) is 0. The molecule has 2 rings (SSSR count). The Morgan fingerprint density at radius 1 is 1.29 bits per heavy atom. The highest BCUT2D eigenvalue weighted by atomic mass is 16.2. The van der Waals surface area contributed by atoms with Crippen LogP contribution in [0.15, 0.2) is 18.3 Å². The zero-order valence-electron chi connectivity index (χ0n) is 7.43. The first-order chi connectivity index (χ1) is 6.70. The maximum absolute atomic E-state index is 11.3. The van der Waals surface area contributed by atoms with Gasteiger partial charge in [-0.2, -0.15) is 0 Å². The third-order valence-electron chi connectivity index (χ3n) is 2.08. The van der Waals surface area contributed by atoms with Gasteiger partial charge in [0, 0.05) is 19.0 Å². The largest absolute Gasteiger partial charge is 0.396 e. The number of nitrogens with zero attached hydrogens (tertiary/aromatic N) is 2. The van der Waals surface area contributed by atoms with Crippen LogP contribution in [0, 0.1) is 0 Å². The van der Waals surface area contributed by atoms with Crippen molar-refractivity contribution in [1.29, 1.82) is 0 Å². The fourth-order valence-electron chi connectivity index (χ4n) is 1.41. The first-order valence-corrected chi connectivity index (χ1v) is 4.26. The summed E-state index contributed by atoms with van der Waals surface area (Å²) >= 11 is 0. The average molecular weight is 191 g/mol. The molecule has 0 saturated carbocycles.